The van der Waals surface area contributed by atoms with Crippen molar-refractivity contribution in [3.8, 4) is 11.5 Å². The van der Waals surface area contributed by atoms with Gasteiger partial charge in [0, 0.05) is 0 Å². The Morgan fingerprint density at radius 3 is 1.85 bits per heavy atom. The van der Waals surface area contributed by atoms with Crippen molar-refractivity contribution in [2.45, 2.75) is 95.8 Å². The first-order chi connectivity index (χ1) is 16.4. The SMILES string of the molecule is C1CCC([NH2+]C2CCCCC2)CC1.CCOP(=O)(OCC)C(COc1ccc(O)cc1)C(=O)[O-]. The molecule has 1 unspecified atom stereocenters. The van der Waals surface area contributed by atoms with Gasteiger partial charge in [-0.05, 0) is 89.5 Å². The van der Waals surface area contributed by atoms with E-state index >= 15 is 0 Å². The van der Waals surface area contributed by atoms with Gasteiger partial charge in [-0.1, -0.05) is 12.8 Å². The largest absolute Gasteiger partial charge is 0.549 e. The van der Waals surface area contributed by atoms with Gasteiger partial charge in [0.15, 0.2) is 0 Å². The van der Waals surface area contributed by atoms with E-state index in [0.717, 1.165) is 12.1 Å². The van der Waals surface area contributed by atoms with E-state index in [-0.39, 0.29) is 19.0 Å². The smallest absolute Gasteiger partial charge is 0.342 e. The molecule has 1 aromatic carbocycles. The van der Waals surface area contributed by atoms with Crippen LogP contribution < -0.4 is 15.2 Å². The topological polar surface area (TPSA) is 122 Å². The van der Waals surface area contributed by atoms with Gasteiger partial charge in [0.1, 0.15) is 23.8 Å². The van der Waals surface area contributed by atoms with Crippen molar-refractivity contribution in [2.24, 2.45) is 0 Å². The van der Waals surface area contributed by atoms with Crippen molar-refractivity contribution in [3.05, 3.63) is 24.3 Å². The first kappa shape index (κ1) is 28.6. The number of carboxylic acids is 1. The normalized spacial score (nSPS) is 18.5. The summed E-state index contributed by atoms with van der Waals surface area (Å²) in [6, 6.07) is 7.66. The monoisotopic (exact) mass is 499 g/mol. The highest BCUT2D eigenvalue weighted by atomic mass is 31.2. The Balaban J connectivity index is 0.000000266. The third-order valence-electron chi connectivity index (χ3n) is 6.36. The van der Waals surface area contributed by atoms with Gasteiger partial charge in [0.05, 0.1) is 31.3 Å². The van der Waals surface area contributed by atoms with Crippen molar-refractivity contribution in [1.82, 2.24) is 0 Å². The highest BCUT2D eigenvalue weighted by Gasteiger charge is 2.37. The molecule has 3 rings (SSSR count). The van der Waals surface area contributed by atoms with Crippen molar-refractivity contribution in [3.63, 3.8) is 0 Å². The number of carbonyl (C=O) groups excluding carboxylic acids is 1. The fraction of sp³-hybridized carbons (Fsp3) is 0.720. The zero-order valence-corrected chi connectivity index (χ0v) is 21.5. The number of ether oxygens (including phenoxy) is 1. The number of nitrogens with two attached hydrogens (primary N) is 1. The lowest BCUT2D eigenvalue weighted by Gasteiger charge is -2.27. The van der Waals surface area contributed by atoms with E-state index in [1.807, 2.05) is 0 Å². The number of hydrogen-bond donors (Lipinski definition) is 2. The average Bonchev–Trinajstić information content (AvgIpc) is 2.82. The summed E-state index contributed by atoms with van der Waals surface area (Å²) in [4.78, 5) is 11.2. The van der Waals surface area contributed by atoms with Gasteiger partial charge < -0.3 is 34.1 Å². The Bertz CT molecular complexity index is 720. The summed E-state index contributed by atoms with van der Waals surface area (Å²) in [6.07, 6.45) is 15.0. The number of phenolic OH excluding ortho intramolecular Hbond substituents is 1. The summed E-state index contributed by atoms with van der Waals surface area (Å²) in [5.41, 5.74) is -1.54. The molecular formula is C25H42NO7P. The van der Waals surface area contributed by atoms with Gasteiger partial charge in [-0.25, -0.2) is 0 Å². The number of quaternary nitrogens is 1. The fourth-order valence-corrected chi connectivity index (χ4v) is 6.29. The van der Waals surface area contributed by atoms with Crippen LogP contribution >= 0.6 is 7.60 Å². The second-order valence-corrected chi connectivity index (χ2v) is 11.2. The van der Waals surface area contributed by atoms with Gasteiger partial charge in [-0.2, -0.15) is 0 Å². The van der Waals surface area contributed by atoms with Gasteiger partial charge >= 0.3 is 7.60 Å². The van der Waals surface area contributed by atoms with Crippen molar-refractivity contribution in [1.29, 1.82) is 0 Å². The van der Waals surface area contributed by atoms with E-state index in [9.17, 15) is 14.5 Å². The van der Waals surface area contributed by atoms with Gasteiger partial charge in [-0.3, -0.25) is 4.57 Å². The molecular weight excluding hydrogens is 457 g/mol. The molecule has 2 saturated carbocycles. The Labute approximate surface area is 203 Å². The summed E-state index contributed by atoms with van der Waals surface area (Å²) in [6.45, 7) is 2.82. The minimum atomic E-state index is -3.87. The highest BCUT2D eigenvalue weighted by molar-refractivity contribution is 7.55. The van der Waals surface area contributed by atoms with Crippen LogP contribution in [0.1, 0.15) is 78.1 Å². The molecule has 1 atom stereocenters. The number of benzene rings is 1. The van der Waals surface area contributed by atoms with E-state index in [4.69, 9.17) is 18.9 Å². The molecule has 2 aliphatic carbocycles. The first-order valence-electron chi connectivity index (χ1n) is 12.7. The summed E-state index contributed by atoms with van der Waals surface area (Å²) >= 11 is 0. The third-order valence-corrected chi connectivity index (χ3v) is 8.72. The molecule has 9 heteroatoms. The second kappa shape index (κ2) is 15.4. The molecule has 1 aromatic rings. The highest BCUT2D eigenvalue weighted by Crippen LogP contribution is 2.52. The van der Waals surface area contributed by atoms with E-state index in [2.05, 4.69) is 5.32 Å². The van der Waals surface area contributed by atoms with Crippen LogP contribution in [0.5, 0.6) is 11.5 Å². The molecule has 0 spiro atoms. The molecule has 194 valence electrons. The molecule has 0 aliphatic heterocycles. The number of carboxylic acid groups (broad SMARTS) is 1. The lowest BCUT2D eigenvalue weighted by Crippen LogP contribution is -2.95. The maximum Gasteiger partial charge on any atom is 0.342 e. The quantitative estimate of drug-likeness (QED) is 0.448. The number of hydrogen-bond acceptors (Lipinski definition) is 7. The zero-order chi connectivity index (χ0) is 24.8. The minimum Gasteiger partial charge on any atom is -0.549 e. The summed E-state index contributed by atoms with van der Waals surface area (Å²) in [5.74, 6) is -1.20. The Hall–Kier alpha value is -1.60. The third kappa shape index (κ3) is 9.95. The lowest BCUT2D eigenvalue weighted by molar-refractivity contribution is -0.725. The Kier molecular flexibility index (Phi) is 13.0. The number of rotatable bonds is 11. The lowest BCUT2D eigenvalue weighted by atomic mass is 9.91. The first-order valence-corrected chi connectivity index (χ1v) is 14.4. The Morgan fingerprint density at radius 1 is 0.971 bits per heavy atom. The van der Waals surface area contributed by atoms with Crippen LogP contribution in [0.3, 0.4) is 0 Å². The van der Waals surface area contributed by atoms with Crippen LogP contribution in [-0.2, 0) is 18.4 Å². The van der Waals surface area contributed by atoms with Crippen LogP contribution in [0.2, 0.25) is 0 Å². The standard InChI is InChI=1S/C13H19O7P.C12H23N/c1-3-19-21(17,20-4-2)12(13(15)16)9-18-11-7-5-10(14)6-8-11;1-3-7-11(8-4-1)13-12-9-5-2-6-10-12/h5-8,12,14H,3-4,9H2,1-2H3,(H,15,16);11-13H,1-10H2. The maximum absolute atomic E-state index is 12.4. The average molecular weight is 500 g/mol. The van der Waals surface area contributed by atoms with E-state index in [1.54, 1.807) is 13.8 Å². The molecule has 0 heterocycles. The van der Waals surface area contributed by atoms with Crippen LogP contribution in [0.4, 0.5) is 0 Å². The summed E-state index contributed by atoms with van der Waals surface area (Å²) in [5, 5.41) is 23.1. The maximum atomic E-state index is 12.4. The minimum absolute atomic E-state index is 0.0419. The molecule has 0 bridgehead atoms. The van der Waals surface area contributed by atoms with Gasteiger partial charge in [0.25, 0.3) is 0 Å². The molecule has 2 aliphatic rings. The molecule has 0 saturated heterocycles. The molecule has 0 aromatic heterocycles. The van der Waals surface area contributed by atoms with Crippen LogP contribution in [0.25, 0.3) is 0 Å². The predicted molar refractivity (Wildman–Crippen MR) is 129 cm³/mol. The fourth-order valence-electron chi connectivity index (χ4n) is 4.62. The number of aromatic hydroxyl groups is 1. The van der Waals surface area contributed by atoms with Crippen molar-refractivity contribution < 1.29 is 38.7 Å². The molecule has 0 radical (unpaired) electrons. The van der Waals surface area contributed by atoms with E-state index in [0.29, 0.717) is 5.75 Å². The van der Waals surface area contributed by atoms with Gasteiger partial charge in [-0.15, -0.1) is 0 Å². The molecule has 8 nitrogen and oxygen atoms in total. The molecule has 3 N–H and O–H groups in total. The van der Waals surface area contributed by atoms with Crippen LogP contribution in [0.15, 0.2) is 24.3 Å². The number of phenols is 1. The van der Waals surface area contributed by atoms with Crippen molar-refractivity contribution >= 4 is 13.6 Å². The zero-order valence-electron chi connectivity index (χ0n) is 20.7. The van der Waals surface area contributed by atoms with Gasteiger partial charge in [0.2, 0.25) is 0 Å². The van der Waals surface area contributed by atoms with Crippen LogP contribution in [-0.4, -0.2) is 48.6 Å². The van der Waals surface area contributed by atoms with E-state index < -0.39 is 25.8 Å². The number of carbonyl (C=O) groups is 1. The number of aliphatic carboxylic acids is 1. The second-order valence-electron chi connectivity index (χ2n) is 9.00. The Morgan fingerprint density at radius 2 is 1.44 bits per heavy atom. The van der Waals surface area contributed by atoms with Crippen molar-refractivity contribution in [2.75, 3.05) is 19.8 Å². The molecule has 0 amide bonds. The summed E-state index contributed by atoms with van der Waals surface area (Å²) in [7, 11) is -3.87. The summed E-state index contributed by atoms with van der Waals surface area (Å²) < 4.78 is 27.7. The predicted octanol–water partition coefficient (Wildman–Crippen LogP) is 3.37. The van der Waals surface area contributed by atoms with E-state index in [1.165, 1.54) is 88.5 Å². The molecule has 34 heavy (non-hydrogen) atoms. The van der Waals surface area contributed by atoms with Crippen LogP contribution in [0, 0.1) is 0 Å². The molecule has 2 fully saturated rings.